The van der Waals surface area contributed by atoms with E-state index in [0.29, 0.717) is 11.3 Å². The number of benzene rings is 2. The molecule has 1 amide bonds. The predicted octanol–water partition coefficient (Wildman–Crippen LogP) is 4.62. The van der Waals surface area contributed by atoms with Crippen LogP contribution in [0.15, 0.2) is 54.6 Å². The number of hydrogen-bond acceptors (Lipinski definition) is 6. The summed E-state index contributed by atoms with van der Waals surface area (Å²) in [4.78, 5) is 16.3. The van der Waals surface area contributed by atoms with Gasteiger partial charge in [-0.05, 0) is 54.4 Å². The van der Waals surface area contributed by atoms with Crippen molar-refractivity contribution in [2.24, 2.45) is 0 Å². The van der Waals surface area contributed by atoms with Crippen LogP contribution in [0.3, 0.4) is 0 Å². The molecule has 0 aliphatic rings. The number of carbonyl (C=O) groups excluding carboxylic acids is 1. The summed E-state index contributed by atoms with van der Waals surface area (Å²) in [6.45, 7) is 1.19. The lowest BCUT2D eigenvalue weighted by atomic mass is 9.99. The number of sulfonamides is 1. The van der Waals surface area contributed by atoms with Crippen molar-refractivity contribution in [1.29, 1.82) is 0 Å². The van der Waals surface area contributed by atoms with Crippen molar-refractivity contribution in [3.8, 4) is 11.6 Å². The first-order valence-corrected chi connectivity index (χ1v) is 13.0. The third kappa shape index (κ3) is 7.81. The minimum atomic E-state index is -4.70. The summed E-state index contributed by atoms with van der Waals surface area (Å²) >= 11 is 0. The molecule has 1 atom stereocenters. The van der Waals surface area contributed by atoms with Crippen LogP contribution in [0, 0.1) is 5.82 Å². The quantitative estimate of drug-likeness (QED) is 0.354. The number of pyridine rings is 1. The molecule has 0 fully saturated rings. The number of anilines is 1. The molecular weight excluding hydrogens is 530 g/mol. The number of nitrogens with one attached hydrogen (secondary N) is 2. The maximum atomic E-state index is 14.3. The second-order valence-electron chi connectivity index (χ2n) is 8.35. The number of amides is 1. The summed E-state index contributed by atoms with van der Waals surface area (Å²) in [5.74, 6) is -2.04. The first-order chi connectivity index (χ1) is 17.8. The fourth-order valence-electron chi connectivity index (χ4n) is 3.37. The Morgan fingerprint density at radius 2 is 1.84 bits per heavy atom. The summed E-state index contributed by atoms with van der Waals surface area (Å²) in [5.41, 5.74) is -0.334. The number of halogens is 4. The smallest absolute Gasteiger partial charge is 0.433 e. The van der Waals surface area contributed by atoms with Gasteiger partial charge < -0.3 is 14.8 Å². The van der Waals surface area contributed by atoms with Gasteiger partial charge in [0, 0.05) is 12.1 Å². The van der Waals surface area contributed by atoms with Crippen LogP contribution in [-0.2, 0) is 34.1 Å². The summed E-state index contributed by atoms with van der Waals surface area (Å²) in [6.07, 6.45) is -3.83. The zero-order chi connectivity index (χ0) is 28.1. The number of rotatable bonds is 10. The molecule has 3 rings (SSSR count). The van der Waals surface area contributed by atoms with E-state index in [0.717, 1.165) is 24.5 Å². The lowest BCUT2D eigenvalue weighted by molar-refractivity contribution is -0.141. The second-order valence-corrected chi connectivity index (χ2v) is 10.1. The minimum absolute atomic E-state index is 0.101. The maximum Gasteiger partial charge on any atom is 0.433 e. The fourth-order valence-corrected chi connectivity index (χ4v) is 3.94. The molecule has 8 nitrogen and oxygen atoms in total. The van der Waals surface area contributed by atoms with E-state index < -0.39 is 39.5 Å². The molecule has 1 unspecified atom stereocenters. The van der Waals surface area contributed by atoms with Gasteiger partial charge in [0.25, 0.3) is 0 Å². The van der Waals surface area contributed by atoms with Crippen molar-refractivity contribution in [1.82, 2.24) is 10.3 Å². The van der Waals surface area contributed by atoms with Crippen molar-refractivity contribution in [2.45, 2.75) is 32.2 Å². The Bertz CT molecular complexity index is 1410. The average Bonchev–Trinajstić information content (AvgIpc) is 2.85. The molecule has 38 heavy (non-hydrogen) atoms. The Kier molecular flexibility index (Phi) is 8.82. The Balaban J connectivity index is 1.75. The van der Waals surface area contributed by atoms with Crippen molar-refractivity contribution < 1.29 is 40.2 Å². The Morgan fingerprint density at radius 3 is 2.47 bits per heavy atom. The number of aromatic nitrogens is 1. The first-order valence-electron chi connectivity index (χ1n) is 11.1. The minimum Gasteiger partial charge on any atom is -0.497 e. The number of ether oxygens (including phenoxy) is 2. The van der Waals surface area contributed by atoms with Gasteiger partial charge in [0.2, 0.25) is 21.8 Å². The van der Waals surface area contributed by atoms with Gasteiger partial charge in [-0.2, -0.15) is 13.2 Å². The van der Waals surface area contributed by atoms with Crippen LogP contribution in [0.2, 0.25) is 0 Å². The van der Waals surface area contributed by atoms with E-state index in [1.807, 2.05) is 4.72 Å². The molecule has 2 aromatic carbocycles. The summed E-state index contributed by atoms with van der Waals surface area (Å²) in [7, 11) is -2.22. The van der Waals surface area contributed by atoms with E-state index in [1.165, 1.54) is 26.2 Å². The van der Waals surface area contributed by atoms with E-state index in [-0.39, 0.29) is 35.8 Å². The summed E-state index contributed by atoms with van der Waals surface area (Å²) < 4.78 is 89.5. The zero-order valence-electron chi connectivity index (χ0n) is 20.6. The van der Waals surface area contributed by atoms with Crippen LogP contribution < -0.4 is 19.5 Å². The number of alkyl halides is 3. The van der Waals surface area contributed by atoms with E-state index in [2.05, 4.69) is 10.3 Å². The van der Waals surface area contributed by atoms with Crippen LogP contribution in [0.25, 0.3) is 0 Å². The number of nitrogens with zero attached hydrogens (tertiary/aromatic N) is 1. The molecule has 0 saturated heterocycles. The first kappa shape index (κ1) is 28.7. The summed E-state index contributed by atoms with van der Waals surface area (Å²) in [5, 5.41) is 2.59. The van der Waals surface area contributed by atoms with Crippen LogP contribution in [-0.4, -0.2) is 32.7 Å². The van der Waals surface area contributed by atoms with Crippen molar-refractivity contribution in [3.05, 3.63) is 82.8 Å². The molecule has 0 aliphatic carbocycles. The van der Waals surface area contributed by atoms with Gasteiger partial charge in [0.1, 0.15) is 23.9 Å². The van der Waals surface area contributed by atoms with Crippen LogP contribution in [0.4, 0.5) is 23.2 Å². The van der Waals surface area contributed by atoms with E-state index in [1.54, 1.807) is 24.3 Å². The predicted molar refractivity (Wildman–Crippen MR) is 132 cm³/mol. The van der Waals surface area contributed by atoms with Crippen molar-refractivity contribution >= 4 is 21.6 Å². The van der Waals surface area contributed by atoms with Gasteiger partial charge in [0.05, 0.1) is 25.0 Å². The van der Waals surface area contributed by atoms with Gasteiger partial charge in [-0.1, -0.05) is 18.2 Å². The molecule has 1 heterocycles. The third-order valence-electron chi connectivity index (χ3n) is 5.37. The number of hydrogen-bond donors (Lipinski definition) is 2. The maximum absolute atomic E-state index is 14.3. The van der Waals surface area contributed by atoms with E-state index in [4.69, 9.17) is 9.47 Å². The molecule has 0 aliphatic heterocycles. The monoisotopic (exact) mass is 555 g/mol. The van der Waals surface area contributed by atoms with Gasteiger partial charge in [-0.3, -0.25) is 9.52 Å². The molecule has 0 saturated carbocycles. The van der Waals surface area contributed by atoms with Crippen LogP contribution in [0.1, 0.15) is 35.2 Å². The van der Waals surface area contributed by atoms with E-state index >= 15 is 0 Å². The highest BCUT2D eigenvalue weighted by Crippen LogP contribution is 2.31. The Labute approximate surface area is 217 Å². The normalized spacial score (nSPS) is 12.5. The average molecular weight is 556 g/mol. The molecular formula is C25H25F4N3O5S. The molecule has 0 bridgehead atoms. The number of carbonyl (C=O) groups is 1. The second kappa shape index (κ2) is 11.7. The molecule has 13 heteroatoms. The third-order valence-corrected chi connectivity index (χ3v) is 5.96. The fraction of sp³-hybridized carbons (Fsp3) is 0.280. The van der Waals surface area contributed by atoms with Crippen molar-refractivity contribution in [2.75, 3.05) is 18.1 Å². The SMILES string of the molecule is COc1cccc(COc2nc(C(F)(F)F)ccc2CNC(=O)C(C)c2ccc(NS(C)(=O)=O)c(F)c2)c1. The molecule has 3 aromatic rings. The number of methoxy groups -OCH3 is 1. The molecule has 2 N–H and O–H groups in total. The highest BCUT2D eigenvalue weighted by atomic mass is 32.2. The Hall–Kier alpha value is -3.87. The largest absolute Gasteiger partial charge is 0.497 e. The molecule has 1 aromatic heterocycles. The van der Waals surface area contributed by atoms with Crippen molar-refractivity contribution in [3.63, 3.8) is 0 Å². The van der Waals surface area contributed by atoms with Gasteiger partial charge >= 0.3 is 6.18 Å². The molecule has 0 radical (unpaired) electrons. The molecule has 204 valence electrons. The van der Waals surface area contributed by atoms with Gasteiger partial charge in [-0.25, -0.2) is 17.8 Å². The highest BCUT2D eigenvalue weighted by molar-refractivity contribution is 7.92. The van der Waals surface area contributed by atoms with Crippen LogP contribution >= 0.6 is 0 Å². The standard InChI is InChI=1S/C25H25F4N3O5S/c1-15(17-7-9-21(20(26)12-17)32-38(3,34)35)23(33)30-13-18-8-10-22(25(27,28)29)31-24(18)37-14-16-5-4-6-19(11-16)36-2/h4-12,15,32H,13-14H2,1-3H3,(H,30,33). The summed E-state index contributed by atoms with van der Waals surface area (Å²) in [6, 6.07) is 12.3. The topological polar surface area (TPSA) is 107 Å². The molecule has 0 spiro atoms. The lowest BCUT2D eigenvalue weighted by Crippen LogP contribution is -2.28. The lowest BCUT2D eigenvalue weighted by Gasteiger charge is -2.16. The highest BCUT2D eigenvalue weighted by Gasteiger charge is 2.33. The Morgan fingerprint density at radius 1 is 1.11 bits per heavy atom. The van der Waals surface area contributed by atoms with E-state index in [9.17, 15) is 30.8 Å². The van der Waals surface area contributed by atoms with Gasteiger partial charge in [0.15, 0.2) is 0 Å². The zero-order valence-corrected chi connectivity index (χ0v) is 21.4. The van der Waals surface area contributed by atoms with Gasteiger partial charge in [-0.15, -0.1) is 0 Å². The van der Waals surface area contributed by atoms with Crippen LogP contribution in [0.5, 0.6) is 11.6 Å².